The molecule has 0 saturated heterocycles. The number of nitrogens with two attached hydrogens (primary N) is 1. The minimum absolute atomic E-state index is 0.126. The first kappa shape index (κ1) is 24.2. The maximum absolute atomic E-state index is 13.3. The van der Waals surface area contributed by atoms with E-state index >= 15 is 0 Å². The highest BCUT2D eigenvalue weighted by molar-refractivity contribution is 6.12. The predicted molar refractivity (Wildman–Crippen MR) is 143 cm³/mol. The number of hydrogen-bond donors (Lipinski definition) is 2. The highest BCUT2D eigenvalue weighted by atomic mass is 16.5. The van der Waals surface area contributed by atoms with Crippen molar-refractivity contribution in [2.24, 2.45) is 5.84 Å². The van der Waals surface area contributed by atoms with Gasteiger partial charge in [0.05, 0.1) is 24.3 Å². The van der Waals surface area contributed by atoms with Crippen LogP contribution in [-0.4, -0.2) is 42.0 Å². The first-order chi connectivity index (χ1) is 18.0. The number of pyridine rings is 2. The van der Waals surface area contributed by atoms with Crippen LogP contribution in [0.4, 0.5) is 17.3 Å². The van der Waals surface area contributed by atoms with Gasteiger partial charge in [0.1, 0.15) is 11.6 Å². The number of hydrogen-bond acceptors (Lipinski definition) is 7. The molecule has 0 atom stereocenters. The van der Waals surface area contributed by atoms with Crippen LogP contribution in [-0.2, 0) is 17.6 Å². The average Bonchev–Trinajstić information content (AvgIpc) is 3.02. The zero-order valence-electron chi connectivity index (χ0n) is 20.8. The Bertz CT molecular complexity index is 1490. The van der Waals surface area contributed by atoms with Crippen LogP contribution >= 0.6 is 0 Å². The monoisotopic (exact) mass is 496 g/mol. The van der Waals surface area contributed by atoms with Crippen molar-refractivity contribution in [1.82, 2.24) is 15.4 Å². The van der Waals surface area contributed by atoms with E-state index in [2.05, 4.69) is 15.4 Å². The summed E-state index contributed by atoms with van der Waals surface area (Å²) < 4.78 is 6.15. The molecule has 2 amide bonds. The Morgan fingerprint density at radius 2 is 1.86 bits per heavy atom. The second-order valence-electron chi connectivity index (χ2n) is 8.78. The van der Waals surface area contributed by atoms with Crippen molar-refractivity contribution in [1.29, 1.82) is 0 Å². The molecule has 5 rings (SSSR count). The van der Waals surface area contributed by atoms with Gasteiger partial charge in [-0.2, -0.15) is 0 Å². The van der Waals surface area contributed by atoms with Gasteiger partial charge >= 0.3 is 0 Å². The summed E-state index contributed by atoms with van der Waals surface area (Å²) in [6.07, 6.45) is 4.27. The maximum Gasteiger partial charge on any atom is 0.261 e. The number of nitrogens with one attached hydrogen (secondary N) is 1. The first-order valence-corrected chi connectivity index (χ1v) is 12.1. The molecule has 9 nitrogen and oxygen atoms in total. The molecule has 3 heterocycles. The molecule has 0 unspecified atom stereocenters. The second kappa shape index (κ2) is 10.2. The van der Waals surface area contributed by atoms with Crippen LogP contribution in [0.5, 0.6) is 5.75 Å². The largest absolute Gasteiger partial charge is 0.493 e. The van der Waals surface area contributed by atoms with Gasteiger partial charge in [-0.1, -0.05) is 30.3 Å². The third-order valence-electron chi connectivity index (χ3n) is 6.55. The van der Waals surface area contributed by atoms with Crippen molar-refractivity contribution >= 4 is 39.9 Å². The number of hydrazine groups is 1. The Balaban J connectivity index is 1.37. The van der Waals surface area contributed by atoms with Gasteiger partial charge in [-0.25, -0.2) is 15.8 Å². The molecule has 2 aromatic carbocycles. The summed E-state index contributed by atoms with van der Waals surface area (Å²) in [6.45, 7) is 3.04. The number of fused-ring (bicyclic) bond motifs is 3. The van der Waals surface area contributed by atoms with Crippen LogP contribution in [0.1, 0.15) is 28.4 Å². The van der Waals surface area contributed by atoms with Crippen LogP contribution < -0.4 is 25.8 Å². The maximum atomic E-state index is 13.3. The summed E-state index contributed by atoms with van der Waals surface area (Å²) in [5.74, 6) is 6.92. The molecule has 2 aromatic heterocycles. The van der Waals surface area contributed by atoms with E-state index in [1.54, 1.807) is 24.3 Å². The number of carbonyl (C=O) groups is 2. The number of rotatable bonds is 7. The number of carbonyl (C=O) groups excluding carboxylic acids is 2. The van der Waals surface area contributed by atoms with Crippen molar-refractivity contribution in [3.8, 4) is 5.75 Å². The van der Waals surface area contributed by atoms with Gasteiger partial charge in [-0.05, 0) is 47.7 Å². The van der Waals surface area contributed by atoms with E-state index in [9.17, 15) is 9.59 Å². The van der Waals surface area contributed by atoms with Crippen molar-refractivity contribution < 1.29 is 14.3 Å². The molecule has 0 aliphatic carbocycles. The van der Waals surface area contributed by atoms with Crippen molar-refractivity contribution in [3.63, 3.8) is 0 Å². The molecule has 0 bridgehead atoms. The lowest BCUT2D eigenvalue weighted by molar-refractivity contribution is -0.120. The number of nitrogens with zero attached hydrogens (tertiary/aromatic N) is 4. The Labute approximate surface area is 214 Å². The molecule has 0 saturated carbocycles. The summed E-state index contributed by atoms with van der Waals surface area (Å²) in [6, 6.07) is 17.2. The quantitative estimate of drug-likeness (QED) is 0.229. The van der Waals surface area contributed by atoms with E-state index in [1.165, 1.54) is 0 Å². The van der Waals surface area contributed by atoms with E-state index in [-0.39, 0.29) is 18.2 Å². The number of benzene rings is 2. The fourth-order valence-electron chi connectivity index (χ4n) is 4.67. The average molecular weight is 497 g/mol. The van der Waals surface area contributed by atoms with Crippen LogP contribution in [0.25, 0.3) is 10.8 Å². The third-order valence-corrected chi connectivity index (χ3v) is 6.55. The first-order valence-electron chi connectivity index (χ1n) is 12.1. The molecule has 37 heavy (non-hydrogen) atoms. The molecule has 1 aliphatic rings. The summed E-state index contributed by atoms with van der Waals surface area (Å²) >= 11 is 0. The van der Waals surface area contributed by atoms with E-state index in [4.69, 9.17) is 10.6 Å². The van der Waals surface area contributed by atoms with Gasteiger partial charge in [-0.3, -0.25) is 15.0 Å². The summed E-state index contributed by atoms with van der Waals surface area (Å²) in [5, 5.41) is 1.86. The van der Waals surface area contributed by atoms with Gasteiger partial charge in [0.15, 0.2) is 5.82 Å². The van der Waals surface area contributed by atoms with E-state index < -0.39 is 0 Å². The number of amides is 2. The lowest BCUT2D eigenvalue weighted by Gasteiger charge is -2.22. The number of aromatic nitrogens is 2. The highest BCUT2D eigenvalue weighted by Crippen LogP contribution is 2.37. The van der Waals surface area contributed by atoms with Crippen LogP contribution in [0, 0.1) is 0 Å². The summed E-state index contributed by atoms with van der Waals surface area (Å²) in [5.41, 5.74) is 5.23. The Hall–Kier alpha value is -4.50. The lowest BCUT2D eigenvalue weighted by atomic mass is 10.0. The number of anilines is 3. The van der Waals surface area contributed by atoms with Gasteiger partial charge in [0, 0.05) is 37.8 Å². The van der Waals surface area contributed by atoms with Gasteiger partial charge < -0.3 is 14.5 Å². The molecule has 9 heteroatoms. The topological polar surface area (TPSA) is 114 Å². The SMILES string of the molecule is CCN1c2ncc(CCOc3ccc(CC(=O)NN)c4ccccc34)cc2C(=O)N(C)c2cccnc21. The van der Waals surface area contributed by atoms with E-state index in [0.29, 0.717) is 36.8 Å². The minimum atomic E-state index is -0.254. The molecule has 0 radical (unpaired) electrons. The van der Waals surface area contributed by atoms with Crippen LogP contribution in [0.15, 0.2) is 67.0 Å². The van der Waals surface area contributed by atoms with E-state index in [1.807, 2.05) is 66.4 Å². The lowest BCUT2D eigenvalue weighted by Crippen LogP contribution is -2.31. The summed E-state index contributed by atoms with van der Waals surface area (Å²) in [7, 11) is 1.76. The second-order valence-corrected chi connectivity index (χ2v) is 8.78. The molecule has 1 aliphatic heterocycles. The van der Waals surface area contributed by atoms with Crippen molar-refractivity contribution in [2.75, 3.05) is 30.0 Å². The molecular formula is C28H28N6O3. The standard InChI is InChI=1S/C28H28N6O3/c1-3-34-26-22(28(36)33(2)23-9-6-13-30-27(23)34)15-18(17-31-26)12-14-37-24-11-10-19(16-25(35)32-29)20-7-4-5-8-21(20)24/h4-11,13,15,17H,3,12,14,16,29H2,1-2H3,(H,32,35). The zero-order chi connectivity index (χ0) is 25.9. The van der Waals surface area contributed by atoms with Crippen LogP contribution in [0.2, 0.25) is 0 Å². The smallest absolute Gasteiger partial charge is 0.261 e. The molecule has 188 valence electrons. The molecular weight excluding hydrogens is 468 g/mol. The van der Waals surface area contributed by atoms with E-state index in [0.717, 1.165) is 33.3 Å². The van der Waals surface area contributed by atoms with Gasteiger partial charge in [0.2, 0.25) is 5.91 Å². The van der Waals surface area contributed by atoms with Gasteiger partial charge in [0.25, 0.3) is 5.91 Å². The zero-order valence-corrected chi connectivity index (χ0v) is 20.8. The van der Waals surface area contributed by atoms with Crippen molar-refractivity contribution in [3.05, 3.63) is 83.7 Å². The predicted octanol–water partition coefficient (Wildman–Crippen LogP) is 3.53. The normalized spacial score (nSPS) is 12.7. The fraction of sp³-hybridized carbons (Fsp3) is 0.214. The molecule has 0 fully saturated rings. The fourth-order valence-corrected chi connectivity index (χ4v) is 4.67. The Morgan fingerprint density at radius 3 is 2.65 bits per heavy atom. The summed E-state index contributed by atoms with van der Waals surface area (Å²) in [4.78, 5) is 37.9. The van der Waals surface area contributed by atoms with Crippen molar-refractivity contribution in [2.45, 2.75) is 19.8 Å². The van der Waals surface area contributed by atoms with Gasteiger partial charge in [-0.15, -0.1) is 0 Å². The Morgan fingerprint density at radius 1 is 1.05 bits per heavy atom. The molecule has 4 aromatic rings. The van der Waals surface area contributed by atoms with Crippen LogP contribution in [0.3, 0.4) is 0 Å². The minimum Gasteiger partial charge on any atom is -0.493 e. The highest BCUT2D eigenvalue weighted by Gasteiger charge is 2.30. The Kier molecular flexibility index (Phi) is 6.70. The number of ether oxygens (including phenoxy) is 1. The third kappa shape index (κ3) is 4.56. The molecule has 3 N–H and O–H groups in total. The molecule has 0 spiro atoms.